The topological polar surface area (TPSA) is 64.2 Å². The van der Waals surface area contributed by atoms with Crippen LogP contribution >= 0.6 is 0 Å². The molecule has 2 N–H and O–H groups in total. The molecule has 1 aromatic heterocycles. The van der Waals surface area contributed by atoms with E-state index in [0.717, 1.165) is 49.9 Å². The number of hydrogen-bond donors (Lipinski definition) is 1. The molecular weight excluding hydrogens is 374 g/mol. The molecule has 3 aromatic rings. The second kappa shape index (κ2) is 6.91. The summed E-state index contributed by atoms with van der Waals surface area (Å²) in [5.41, 5.74) is 7.92. The molecule has 150 valence electrons. The fourth-order valence-corrected chi connectivity index (χ4v) is 4.23. The average molecular weight is 396 g/mol. The number of rotatable bonds is 5. The highest BCUT2D eigenvalue weighted by Gasteiger charge is 2.28. The second-order valence-corrected chi connectivity index (χ2v) is 8.04. The minimum atomic E-state index is -0.885. The van der Waals surface area contributed by atoms with Crippen LogP contribution in [0.4, 0.5) is 8.78 Å². The molecule has 29 heavy (non-hydrogen) atoms. The van der Waals surface area contributed by atoms with Crippen LogP contribution in [0.25, 0.3) is 22.0 Å². The fourth-order valence-electron chi connectivity index (χ4n) is 4.23. The Kier molecular flexibility index (Phi) is 4.35. The van der Waals surface area contributed by atoms with Crippen molar-refractivity contribution < 1.29 is 13.6 Å². The van der Waals surface area contributed by atoms with Gasteiger partial charge in [-0.3, -0.25) is 14.4 Å². The standard InChI is InChI=1S/C22H22F2N4O/c23-18-10-13(12-27-7-1-2-8-27)9-16(20(18)24)14-3-6-19-17(11-14)21(22(25)29)26-28(19)15-4-5-15/h3,6,9-11,15H,1-2,4-5,7-8,12H2,(H2,25,29). The number of carbonyl (C=O) groups excluding carboxylic acids is 1. The number of likely N-dealkylation sites (tertiary alicyclic amines) is 1. The summed E-state index contributed by atoms with van der Waals surface area (Å²) in [4.78, 5) is 14.1. The van der Waals surface area contributed by atoms with Crippen LogP contribution in [0.5, 0.6) is 0 Å². The molecule has 2 aliphatic rings. The molecular formula is C22H22F2N4O. The number of nitrogens with two attached hydrogens (primary N) is 1. The summed E-state index contributed by atoms with van der Waals surface area (Å²) in [6.45, 7) is 2.55. The lowest BCUT2D eigenvalue weighted by atomic mass is 9.99. The summed E-state index contributed by atoms with van der Waals surface area (Å²) >= 11 is 0. The van der Waals surface area contributed by atoms with Gasteiger partial charge in [0.2, 0.25) is 0 Å². The Bertz CT molecular complexity index is 1110. The van der Waals surface area contributed by atoms with Crippen molar-refractivity contribution in [3.8, 4) is 11.1 Å². The highest BCUT2D eigenvalue weighted by Crippen LogP contribution is 2.39. The van der Waals surface area contributed by atoms with E-state index in [1.54, 1.807) is 18.2 Å². The van der Waals surface area contributed by atoms with Crippen LogP contribution in [-0.4, -0.2) is 33.7 Å². The summed E-state index contributed by atoms with van der Waals surface area (Å²) in [5, 5.41) is 4.95. The SMILES string of the molecule is NC(=O)c1nn(C2CC2)c2ccc(-c3cc(CN4CCCC4)cc(F)c3F)cc12. The first-order valence-corrected chi connectivity index (χ1v) is 10.0. The van der Waals surface area contributed by atoms with Gasteiger partial charge in [-0.1, -0.05) is 6.07 Å². The molecule has 1 saturated heterocycles. The Morgan fingerprint density at radius 1 is 1.14 bits per heavy atom. The molecule has 0 spiro atoms. The van der Waals surface area contributed by atoms with Crippen LogP contribution in [0.15, 0.2) is 30.3 Å². The quantitative estimate of drug-likeness (QED) is 0.709. The minimum absolute atomic E-state index is 0.169. The van der Waals surface area contributed by atoms with Gasteiger partial charge in [0.15, 0.2) is 17.3 Å². The third kappa shape index (κ3) is 3.29. The molecule has 1 aliphatic heterocycles. The zero-order chi connectivity index (χ0) is 20.1. The van der Waals surface area contributed by atoms with Gasteiger partial charge >= 0.3 is 0 Å². The fraction of sp³-hybridized carbons (Fsp3) is 0.364. The predicted molar refractivity (Wildman–Crippen MR) is 106 cm³/mol. The Balaban J connectivity index is 1.60. The van der Waals surface area contributed by atoms with Crippen molar-refractivity contribution in [3.05, 3.63) is 53.2 Å². The van der Waals surface area contributed by atoms with Crippen molar-refractivity contribution in [2.24, 2.45) is 5.73 Å². The van der Waals surface area contributed by atoms with E-state index in [-0.39, 0.29) is 17.3 Å². The van der Waals surface area contributed by atoms with E-state index in [0.29, 0.717) is 17.5 Å². The van der Waals surface area contributed by atoms with Crippen LogP contribution in [0.1, 0.15) is 47.8 Å². The van der Waals surface area contributed by atoms with Crippen molar-refractivity contribution in [3.63, 3.8) is 0 Å². The van der Waals surface area contributed by atoms with E-state index >= 15 is 0 Å². The number of carbonyl (C=O) groups is 1. The maximum atomic E-state index is 14.7. The molecule has 1 aliphatic carbocycles. The highest BCUT2D eigenvalue weighted by atomic mass is 19.2. The zero-order valence-corrected chi connectivity index (χ0v) is 16.0. The van der Waals surface area contributed by atoms with Gasteiger partial charge in [-0.2, -0.15) is 5.10 Å². The molecule has 5 nitrogen and oxygen atoms in total. The maximum absolute atomic E-state index is 14.7. The van der Waals surface area contributed by atoms with Crippen molar-refractivity contribution in [2.75, 3.05) is 13.1 Å². The van der Waals surface area contributed by atoms with Gasteiger partial charge in [0.25, 0.3) is 5.91 Å². The van der Waals surface area contributed by atoms with E-state index in [4.69, 9.17) is 5.73 Å². The van der Waals surface area contributed by atoms with Crippen LogP contribution in [-0.2, 0) is 6.54 Å². The van der Waals surface area contributed by atoms with E-state index in [2.05, 4.69) is 10.00 Å². The molecule has 1 saturated carbocycles. The lowest BCUT2D eigenvalue weighted by molar-refractivity contribution is 0.0996. The molecule has 5 rings (SSSR count). The summed E-state index contributed by atoms with van der Waals surface area (Å²) in [5.74, 6) is -2.37. The molecule has 7 heteroatoms. The Hall–Kier alpha value is -2.80. The molecule has 2 heterocycles. The number of amides is 1. The van der Waals surface area contributed by atoms with Gasteiger partial charge in [0, 0.05) is 17.5 Å². The van der Waals surface area contributed by atoms with Gasteiger partial charge in [-0.25, -0.2) is 8.78 Å². The van der Waals surface area contributed by atoms with Crippen LogP contribution in [0.2, 0.25) is 0 Å². The minimum Gasteiger partial charge on any atom is -0.364 e. The summed E-state index contributed by atoms with van der Waals surface area (Å²) in [6, 6.07) is 8.51. The summed E-state index contributed by atoms with van der Waals surface area (Å²) in [6.07, 6.45) is 4.28. The lowest BCUT2D eigenvalue weighted by Crippen LogP contribution is -2.18. The number of fused-ring (bicyclic) bond motifs is 1. The van der Waals surface area contributed by atoms with Gasteiger partial charge in [0.1, 0.15) is 0 Å². The van der Waals surface area contributed by atoms with Gasteiger partial charge in [0.05, 0.1) is 11.6 Å². The molecule has 1 amide bonds. The monoisotopic (exact) mass is 396 g/mol. The molecule has 0 atom stereocenters. The second-order valence-electron chi connectivity index (χ2n) is 8.04. The number of halogens is 2. The van der Waals surface area contributed by atoms with Crippen molar-refractivity contribution in [2.45, 2.75) is 38.3 Å². The average Bonchev–Trinajstić information content (AvgIpc) is 3.27. The number of aromatic nitrogens is 2. The van der Waals surface area contributed by atoms with Crippen LogP contribution in [0, 0.1) is 11.6 Å². The normalized spacial score (nSPS) is 17.3. The van der Waals surface area contributed by atoms with Gasteiger partial charge in [-0.05, 0) is 74.2 Å². The third-order valence-electron chi connectivity index (χ3n) is 5.84. The molecule has 2 fully saturated rings. The van der Waals surface area contributed by atoms with Crippen molar-refractivity contribution in [1.29, 1.82) is 0 Å². The Labute approximate surface area is 167 Å². The van der Waals surface area contributed by atoms with E-state index in [1.165, 1.54) is 6.07 Å². The van der Waals surface area contributed by atoms with Gasteiger partial charge < -0.3 is 5.73 Å². The summed E-state index contributed by atoms with van der Waals surface area (Å²) < 4.78 is 30.9. The van der Waals surface area contributed by atoms with Crippen molar-refractivity contribution in [1.82, 2.24) is 14.7 Å². The smallest absolute Gasteiger partial charge is 0.269 e. The van der Waals surface area contributed by atoms with Crippen molar-refractivity contribution >= 4 is 16.8 Å². The number of benzene rings is 2. The molecule has 2 aromatic carbocycles. The van der Waals surface area contributed by atoms with Gasteiger partial charge in [-0.15, -0.1) is 0 Å². The molecule has 0 radical (unpaired) electrons. The number of nitrogens with zero attached hydrogens (tertiary/aromatic N) is 3. The van der Waals surface area contributed by atoms with E-state index in [9.17, 15) is 13.6 Å². The third-order valence-corrected chi connectivity index (χ3v) is 5.84. The predicted octanol–water partition coefficient (Wildman–Crippen LogP) is 4.01. The largest absolute Gasteiger partial charge is 0.364 e. The number of primary amides is 1. The Morgan fingerprint density at radius 3 is 2.59 bits per heavy atom. The lowest BCUT2D eigenvalue weighted by Gasteiger charge is -2.16. The van der Waals surface area contributed by atoms with E-state index < -0.39 is 17.5 Å². The Morgan fingerprint density at radius 2 is 1.90 bits per heavy atom. The first-order valence-electron chi connectivity index (χ1n) is 10.0. The van der Waals surface area contributed by atoms with E-state index in [1.807, 2.05) is 10.7 Å². The van der Waals surface area contributed by atoms with Crippen LogP contribution < -0.4 is 5.73 Å². The first kappa shape index (κ1) is 18.2. The highest BCUT2D eigenvalue weighted by molar-refractivity contribution is 6.05. The molecule has 0 bridgehead atoms. The molecule has 0 unspecified atom stereocenters. The first-order chi connectivity index (χ1) is 14.0. The number of hydrogen-bond acceptors (Lipinski definition) is 3. The van der Waals surface area contributed by atoms with Crippen LogP contribution in [0.3, 0.4) is 0 Å². The zero-order valence-electron chi connectivity index (χ0n) is 16.0. The summed E-state index contributed by atoms with van der Waals surface area (Å²) in [7, 11) is 0. The maximum Gasteiger partial charge on any atom is 0.269 e.